The summed E-state index contributed by atoms with van der Waals surface area (Å²) >= 11 is 0. The van der Waals surface area contributed by atoms with Crippen molar-refractivity contribution in [1.29, 1.82) is 0 Å². The Bertz CT molecular complexity index is 761. The van der Waals surface area contributed by atoms with Crippen molar-refractivity contribution in [1.82, 2.24) is 20.0 Å². The maximum atomic E-state index is 13.4. The monoisotopic (exact) mass is 424 g/mol. The van der Waals surface area contributed by atoms with E-state index in [-0.39, 0.29) is 29.5 Å². The van der Waals surface area contributed by atoms with Gasteiger partial charge in [0, 0.05) is 56.9 Å². The summed E-state index contributed by atoms with van der Waals surface area (Å²) in [7, 11) is 0. The van der Waals surface area contributed by atoms with E-state index in [4.69, 9.17) is 4.74 Å². The summed E-state index contributed by atoms with van der Waals surface area (Å²) in [5, 5.41) is 3.02. The third-order valence-electron chi connectivity index (χ3n) is 5.78. The molecule has 2 fully saturated rings. The van der Waals surface area contributed by atoms with Crippen molar-refractivity contribution >= 4 is 11.8 Å². The largest absolute Gasteiger partial charge is 0.379 e. The van der Waals surface area contributed by atoms with Gasteiger partial charge in [0.2, 0.25) is 5.91 Å². The molecule has 0 saturated carbocycles. The molecule has 9 heteroatoms. The number of hydrogen-bond donors (Lipinski definition) is 1. The van der Waals surface area contributed by atoms with E-state index in [0.717, 1.165) is 25.2 Å². The summed E-state index contributed by atoms with van der Waals surface area (Å²) in [4.78, 5) is 30.8. The van der Waals surface area contributed by atoms with Crippen LogP contribution in [0.25, 0.3) is 0 Å². The van der Waals surface area contributed by atoms with Gasteiger partial charge in [-0.05, 0) is 32.0 Å². The Hall–Kier alpha value is -2.10. The van der Waals surface area contributed by atoms with Crippen molar-refractivity contribution < 1.29 is 23.1 Å². The lowest BCUT2D eigenvalue weighted by atomic mass is 10.0. The molecule has 1 N–H and O–H groups in total. The van der Waals surface area contributed by atoms with Crippen LogP contribution in [0.15, 0.2) is 18.2 Å². The standard InChI is InChI=1S/C21H30F2N4O3/c1-21(2,27-9-11-30-12-10-27)15-24-19(28)14-25-5-7-26(8-6-25)20(29)16-3-4-17(22)18(23)13-16/h3-4,13H,5-12,14-15H2,1-2H3,(H,24,28). The van der Waals surface area contributed by atoms with Gasteiger partial charge in [-0.2, -0.15) is 0 Å². The maximum absolute atomic E-state index is 13.4. The first-order valence-corrected chi connectivity index (χ1v) is 10.3. The first kappa shape index (κ1) is 22.6. The molecule has 2 saturated heterocycles. The molecule has 0 unspecified atom stereocenters. The highest BCUT2D eigenvalue weighted by Crippen LogP contribution is 2.15. The molecule has 7 nitrogen and oxygen atoms in total. The van der Waals surface area contributed by atoms with Crippen LogP contribution in [0.4, 0.5) is 8.78 Å². The van der Waals surface area contributed by atoms with Crippen LogP contribution in [0, 0.1) is 11.6 Å². The van der Waals surface area contributed by atoms with Gasteiger partial charge >= 0.3 is 0 Å². The molecule has 2 aliphatic heterocycles. The highest BCUT2D eigenvalue weighted by molar-refractivity contribution is 5.94. The molecule has 3 rings (SSSR count). The number of benzene rings is 1. The summed E-state index contributed by atoms with van der Waals surface area (Å²) in [5.74, 6) is -2.38. The van der Waals surface area contributed by atoms with Gasteiger partial charge in [-0.15, -0.1) is 0 Å². The molecule has 2 amide bonds. The summed E-state index contributed by atoms with van der Waals surface area (Å²) in [5.41, 5.74) is -0.0138. The number of ether oxygens (including phenoxy) is 1. The van der Waals surface area contributed by atoms with Crippen LogP contribution in [-0.2, 0) is 9.53 Å². The summed E-state index contributed by atoms with van der Waals surface area (Å²) in [6, 6.07) is 3.17. The Kier molecular flexibility index (Phi) is 7.38. The third kappa shape index (κ3) is 5.74. The molecule has 2 aliphatic rings. The summed E-state index contributed by atoms with van der Waals surface area (Å²) < 4.78 is 31.8. The van der Waals surface area contributed by atoms with Crippen LogP contribution in [0.1, 0.15) is 24.2 Å². The molecular formula is C21H30F2N4O3. The smallest absolute Gasteiger partial charge is 0.254 e. The number of piperazine rings is 1. The van der Waals surface area contributed by atoms with E-state index in [1.165, 1.54) is 6.07 Å². The zero-order chi connectivity index (χ0) is 21.7. The highest BCUT2D eigenvalue weighted by atomic mass is 19.2. The molecule has 1 aromatic carbocycles. The van der Waals surface area contributed by atoms with E-state index in [2.05, 4.69) is 24.1 Å². The van der Waals surface area contributed by atoms with Crippen molar-refractivity contribution in [2.45, 2.75) is 19.4 Å². The number of amides is 2. The fraction of sp³-hybridized carbons (Fsp3) is 0.619. The number of nitrogens with zero attached hydrogens (tertiary/aromatic N) is 3. The average molecular weight is 424 g/mol. The number of halogens is 2. The minimum absolute atomic E-state index is 0.0447. The first-order valence-electron chi connectivity index (χ1n) is 10.3. The fourth-order valence-electron chi connectivity index (χ4n) is 3.78. The second-order valence-electron chi connectivity index (χ2n) is 8.39. The quantitative estimate of drug-likeness (QED) is 0.737. The van der Waals surface area contributed by atoms with Gasteiger partial charge in [0.15, 0.2) is 11.6 Å². The summed E-state index contributed by atoms with van der Waals surface area (Å²) in [6.07, 6.45) is 0. The summed E-state index contributed by atoms with van der Waals surface area (Å²) in [6.45, 7) is 10.2. The lowest BCUT2D eigenvalue weighted by Crippen LogP contribution is -2.56. The number of morpholine rings is 1. The number of hydrogen-bond acceptors (Lipinski definition) is 5. The predicted octanol–water partition coefficient (Wildman–Crippen LogP) is 0.950. The van der Waals surface area contributed by atoms with Crippen LogP contribution in [0.2, 0.25) is 0 Å². The van der Waals surface area contributed by atoms with E-state index in [1.54, 1.807) is 4.90 Å². The molecule has 0 bridgehead atoms. The van der Waals surface area contributed by atoms with Crippen molar-refractivity contribution in [3.63, 3.8) is 0 Å². The Morgan fingerprint density at radius 3 is 2.33 bits per heavy atom. The zero-order valence-corrected chi connectivity index (χ0v) is 17.6. The zero-order valence-electron chi connectivity index (χ0n) is 17.6. The fourth-order valence-corrected chi connectivity index (χ4v) is 3.78. The Labute approximate surface area is 175 Å². The first-order chi connectivity index (χ1) is 14.3. The van der Waals surface area contributed by atoms with Gasteiger partial charge in [-0.1, -0.05) is 0 Å². The van der Waals surface area contributed by atoms with Crippen LogP contribution in [0.3, 0.4) is 0 Å². The van der Waals surface area contributed by atoms with Crippen molar-refractivity contribution in [2.24, 2.45) is 0 Å². The molecule has 1 aromatic rings. The molecule has 30 heavy (non-hydrogen) atoms. The van der Waals surface area contributed by atoms with E-state index < -0.39 is 11.6 Å². The SMILES string of the molecule is CC(C)(CNC(=O)CN1CCN(C(=O)c2ccc(F)c(F)c2)CC1)N1CCOCC1. The minimum Gasteiger partial charge on any atom is -0.379 e. The highest BCUT2D eigenvalue weighted by Gasteiger charge is 2.29. The number of carbonyl (C=O) groups is 2. The minimum atomic E-state index is -1.03. The van der Waals surface area contributed by atoms with E-state index in [1.807, 2.05) is 4.90 Å². The molecule has 2 heterocycles. The van der Waals surface area contributed by atoms with E-state index >= 15 is 0 Å². The van der Waals surface area contributed by atoms with Gasteiger partial charge in [-0.3, -0.25) is 19.4 Å². The van der Waals surface area contributed by atoms with Crippen LogP contribution < -0.4 is 5.32 Å². The van der Waals surface area contributed by atoms with Crippen LogP contribution in [-0.4, -0.2) is 97.6 Å². The van der Waals surface area contributed by atoms with Gasteiger partial charge < -0.3 is 15.0 Å². The lowest BCUT2D eigenvalue weighted by Gasteiger charge is -2.41. The number of carbonyl (C=O) groups excluding carboxylic acids is 2. The van der Waals surface area contributed by atoms with Crippen LogP contribution in [0.5, 0.6) is 0 Å². The number of nitrogens with one attached hydrogen (secondary N) is 1. The van der Waals surface area contributed by atoms with Crippen LogP contribution >= 0.6 is 0 Å². The normalized spacial score (nSPS) is 19.0. The van der Waals surface area contributed by atoms with Gasteiger partial charge in [0.05, 0.1) is 19.8 Å². The lowest BCUT2D eigenvalue weighted by molar-refractivity contribution is -0.123. The Balaban J connectivity index is 1.42. The van der Waals surface area contributed by atoms with Crippen molar-refractivity contribution in [3.8, 4) is 0 Å². The average Bonchev–Trinajstić information content (AvgIpc) is 2.75. The van der Waals surface area contributed by atoms with Gasteiger partial charge in [-0.25, -0.2) is 8.78 Å². The van der Waals surface area contributed by atoms with E-state index in [0.29, 0.717) is 45.9 Å². The van der Waals surface area contributed by atoms with Gasteiger partial charge in [0.25, 0.3) is 5.91 Å². The maximum Gasteiger partial charge on any atom is 0.254 e. The molecule has 0 aromatic heterocycles. The van der Waals surface area contributed by atoms with Crippen molar-refractivity contribution in [2.75, 3.05) is 65.6 Å². The number of rotatable bonds is 6. The van der Waals surface area contributed by atoms with Crippen molar-refractivity contribution in [3.05, 3.63) is 35.4 Å². The molecular weight excluding hydrogens is 394 g/mol. The Morgan fingerprint density at radius 1 is 1.03 bits per heavy atom. The topological polar surface area (TPSA) is 65.1 Å². The predicted molar refractivity (Wildman–Crippen MR) is 108 cm³/mol. The third-order valence-corrected chi connectivity index (χ3v) is 5.78. The molecule has 0 aliphatic carbocycles. The Morgan fingerprint density at radius 2 is 1.70 bits per heavy atom. The molecule has 0 radical (unpaired) electrons. The molecule has 0 spiro atoms. The van der Waals surface area contributed by atoms with E-state index in [9.17, 15) is 18.4 Å². The second kappa shape index (κ2) is 9.80. The second-order valence-corrected chi connectivity index (χ2v) is 8.39. The van der Waals surface area contributed by atoms with Gasteiger partial charge in [0.1, 0.15) is 0 Å². The molecule has 166 valence electrons. The molecule has 0 atom stereocenters.